The molecule has 0 amide bonds. The molecule has 1 aromatic carbocycles. The maximum absolute atomic E-state index is 9.04. The summed E-state index contributed by atoms with van der Waals surface area (Å²) in [4.78, 5) is 5.08. The molecule has 2 heterocycles. The van der Waals surface area contributed by atoms with Gasteiger partial charge < -0.3 is 9.80 Å². The van der Waals surface area contributed by atoms with Crippen LogP contribution in [-0.4, -0.2) is 36.6 Å². The molecule has 4 heteroatoms. The zero-order valence-corrected chi connectivity index (χ0v) is 15.1. The molecule has 0 aliphatic carbocycles. The molecule has 1 spiro atoms. The Bertz CT molecular complexity index is 612. The van der Waals surface area contributed by atoms with Crippen molar-refractivity contribution in [2.24, 2.45) is 5.41 Å². The first-order valence-corrected chi connectivity index (χ1v) is 9.02. The molecule has 1 aromatic rings. The van der Waals surface area contributed by atoms with E-state index in [-0.39, 0.29) is 0 Å². The Morgan fingerprint density at radius 1 is 1.30 bits per heavy atom. The summed E-state index contributed by atoms with van der Waals surface area (Å²) >= 11 is 6.23. The Kier molecular flexibility index (Phi) is 4.58. The Hall–Kier alpha value is -1.24. The molecule has 0 N–H and O–H groups in total. The van der Waals surface area contributed by atoms with E-state index in [9.17, 15) is 0 Å². The second-order valence-corrected chi connectivity index (χ2v) is 7.99. The van der Waals surface area contributed by atoms with Gasteiger partial charge in [0.2, 0.25) is 0 Å². The lowest BCUT2D eigenvalue weighted by Gasteiger charge is -2.41. The van der Waals surface area contributed by atoms with Crippen LogP contribution in [0.1, 0.15) is 45.6 Å². The van der Waals surface area contributed by atoms with Crippen molar-refractivity contribution < 1.29 is 0 Å². The van der Waals surface area contributed by atoms with Crippen LogP contribution in [0.3, 0.4) is 0 Å². The minimum absolute atomic E-state index is 0.450. The molecule has 0 bridgehead atoms. The number of anilines is 1. The van der Waals surface area contributed by atoms with Crippen LogP contribution < -0.4 is 4.90 Å². The van der Waals surface area contributed by atoms with Gasteiger partial charge in [-0.15, -0.1) is 0 Å². The van der Waals surface area contributed by atoms with Crippen LogP contribution in [0, 0.1) is 16.7 Å². The lowest BCUT2D eigenvalue weighted by molar-refractivity contribution is 0.0951. The van der Waals surface area contributed by atoms with E-state index in [1.54, 1.807) is 0 Å². The van der Waals surface area contributed by atoms with E-state index in [4.69, 9.17) is 16.9 Å². The van der Waals surface area contributed by atoms with Gasteiger partial charge >= 0.3 is 0 Å². The second-order valence-electron chi connectivity index (χ2n) is 7.59. The molecule has 3 nitrogen and oxygen atoms in total. The number of benzene rings is 1. The first-order chi connectivity index (χ1) is 10.9. The molecule has 0 aromatic heterocycles. The molecule has 1 atom stereocenters. The molecule has 2 saturated heterocycles. The number of halogens is 1. The fourth-order valence-electron chi connectivity index (χ4n) is 4.31. The third kappa shape index (κ3) is 3.20. The molecule has 1 unspecified atom stereocenters. The van der Waals surface area contributed by atoms with E-state index < -0.39 is 0 Å². The van der Waals surface area contributed by atoms with E-state index in [0.717, 1.165) is 12.2 Å². The Labute approximate surface area is 144 Å². The van der Waals surface area contributed by atoms with Gasteiger partial charge in [0.05, 0.1) is 10.6 Å². The van der Waals surface area contributed by atoms with E-state index in [0.29, 0.717) is 28.1 Å². The minimum atomic E-state index is 0.450. The lowest BCUT2D eigenvalue weighted by Crippen LogP contribution is -2.44. The number of rotatable bonds is 2. The maximum Gasteiger partial charge on any atom is 0.101 e. The average Bonchev–Trinajstić information content (AvgIpc) is 2.84. The van der Waals surface area contributed by atoms with Gasteiger partial charge in [0, 0.05) is 24.3 Å². The zero-order chi connectivity index (χ0) is 16.6. The van der Waals surface area contributed by atoms with E-state index >= 15 is 0 Å². The highest BCUT2D eigenvalue weighted by Crippen LogP contribution is 2.45. The highest BCUT2D eigenvalue weighted by atomic mass is 35.5. The van der Waals surface area contributed by atoms with Gasteiger partial charge in [-0.2, -0.15) is 5.26 Å². The summed E-state index contributed by atoms with van der Waals surface area (Å²) in [6, 6.07) is 9.17. The number of nitrogens with zero attached hydrogens (tertiary/aromatic N) is 3. The van der Waals surface area contributed by atoms with Crippen LogP contribution >= 0.6 is 11.6 Å². The third-order valence-electron chi connectivity index (χ3n) is 5.76. The Morgan fingerprint density at radius 2 is 2.00 bits per heavy atom. The third-order valence-corrected chi connectivity index (χ3v) is 6.07. The van der Waals surface area contributed by atoms with Crippen molar-refractivity contribution in [3.05, 3.63) is 28.8 Å². The van der Waals surface area contributed by atoms with Crippen molar-refractivity contribution >= 4 is 17.3 Å². The fourth-order valence-corrected chi connectivity index (χ4v) is 4.53. The first-order valence-electron chi connectivity index (χ1n) is 8.64. The van der Waals surface area contributed by atoms with Gasteiger partial charge in [0.1, 0.15) is 6.07 Å². The molecular formula is C19H26ClN3. The molecule has 2 aliphatic rings. The fraction of sp³-hybridized carbons (Fsp3) is 0.632. The lowest BCUT2D eigenvalue weighted by atomic mass is 9.76. The summed E-state index contributed by atoms with van der Waals surface area (Å²) < 4.78 is 0. The van der Waals surface area contributed by atoms with Gasteiger partial charge in [-0.05, 0) is 76.7 Å². The summed E-state index contributed by atoms with van der Waals surface area (Å²) in [5.74, 6) is 0. The van der Waals surface area contributed by atoms with E-state index in [2.05, 4.69) is 36.6 Å². The number of hydrogen-bond acceptors (Lipinski definition) is 3. The Balaban J connectivity index is 1.74. The van der Waals surface area contributed by atoms with E-state index in [1.807, 2.05) is 18.2 Å². The Morgan fingerprint density at radius 3 is 2.57 bits per heavy atom. The van der Waals surface area contributed by atoms with Crippen molar-refractivity contribution in [2.45, 2.75) is 52.1 Å². The molecule has 0 saturated carbocycles. The van der Waals surface area contributed by atoms with Crippen LogP contribution in [0.5, 0.6) is 0 Å². The molecule has 3 rings (SSSR count). The standard InChI is InChI=1S/C19H26ClN3/c1-14(2)22-8-6-19(7-9-22)11-15(3)23(13-19)17-5-4-16(12-21)18(20)10-17/h4-5,10,14-15H,6-9,11,13H2,1-3H3. The predicted molar refractivity (Wildman–Crippen MR) is 96.0 cm³/mol. The highest BCUT2D eigenvalue weighted by Gasteiger charge is 2.44. The molecule has 0 radical (unpaired) electrons. The number of likely N-dealkylation sites (tertiary alicyclic amines) is 1. The van der Waals surface area contributed by atoms with Crippen LogP contribution in [0.2, 0.25) is 5.02 Å². The van der Waals surface area contributed by atoms with Gasteiger partial charge in [-0.1, -0.05) is 11.6 Å². The first kappa shape index (κ1) is 16.6. The maximum atomic E-state index is 9.04. The second kappa shape index (κ2) is 6.34. The topological polar surface area (TPSA) is 30.3 Å². The van der Waals surface area contributed by atoms with E-state index in [1.165, 1.54) is 32.4 Å². The number of nitriles is 1. The summed E-state index contributed by atoms with van der Waals surface area (Å²) in [7, 11) is 0. The van der Waals surface area contributed by atoms with Crippen LogP contribution in [0.4, 0.5) is 5.69 Å². The highest BCUT2D eigenvalue weighted by molar-refractivity contribution is 6.32. The van der Waals surface area contributed by atoms with Crippen LogP contribution in [-0.2, 0) is 0 Å². The van der Waals surface area contributed by atoms with Crippen molar-refractivity contribution in [1.29, 1.82) is 5.26 Å². The van der Waals surface area contributed by atoms with Crippen LogP contribution in [0.15, 0.2) is 18.2 Å². The monoisotopic (exact) mass is 331 g/mol. The quantitative estimate of drug-likeness (QED) is 0.809. The smallest absolute Gasteiger partial charge is 0.101 e. The van der Waals surface area contributed by atoms with Crippen molar-refractivity contribution in [1.82, 2.24) is 4.90 Å². The van der Waals surface area contributed by atoms with Gasteiger partial charge in [0.25, 0.3) is 0 Å². The largest absolute Gasteiger partial charge is 0.368 e. The summed E-state index contributed by atoms with van der Waals surface area (Å²) in [6.45, 7) is 10.4. The van der Waals surface area contributed by atoms with Crippen LogP contribution in [0.25, 0.3) is 0 Å². The number of hydrogen-bond donors (Lipinski definition) is 0. The average molecular weight is 332 g/mol. The molecular weight excluding hydrogens is 306 g/mol. The zero-order valence-electron chi connectivity index (χ0n) is 14.3. The van der Waals surface area contributed by atoms with Gasteiger partial charge in [-0.3, -0.25) is 0 Å². The molecule has 124 valence electrons. The van der Waals surface area contributed by atoms with Gasteiger partial charge in [-0.25, -0.2) is 0 Å². The SMILES string of the molecule is CC(C)N1CCC2(CC1)CC(C)N(c1ccc(C#N)c(Cl)c1)C2. The summed E-state index contributed by atoms with van der Waals surface area (Å²) in [5, 5.41) is 9.61. The summed E-state index contributed by atoms with van der Waals surface area (Å²) in [6.07, 6.45) is 3.84. The number of piperidine rings is 1. The van der Waals surface area contributed by atoms with Gasteiger partial charge in [0.15, 0.2) is 0 Å². The molecule has 2 fully saturated rings. The predicted octanol–water partition coefficient (Wildman–Crippen LogP) is 4.30. The minimum Gasteiger partial charge on any atom is -0.368 e. The normalized spacial score (nSPS) is 24.3. The summed E-state index contributed by atoms with van der Waals surface area (Å²) in [5.41, 5.74) is 2.16. The molecule has 2 aliphatic heterocycles. The van der Waals surface area contributed by atoms with Crippen molar-refractivity contribution in [2.75, 3.05) is 24.5 Å². The molecule has 23 heavy (non-hydrogen) atoms. The van der Waals surface area contributed by atoms with Crippen molar-refractivity contribution in [3.8, 4) is 6.07 Å². The van der Waals surface area contributed by atoms with Crippen molar-refractivity contribution in [3.63, 3.8) is 0 Å².